The average Bonchev–Trinajstić information content (AvgIpc) is 2.83. The highest BCUT2D eigenvalue weighted by Gasteiger charge is 2.29. The number of nitrogens with one attached hydrogen (secondary N) is 1. The van der Waals surface area contributed by atoms with Crippen LogP contribution >= 0.6 is 0 Å². The van der Waals surface area contributed by atoms with Crippen molar-refractivity contribution in [1.82, 2.24) is 10.2 Å². The molecule has 21 heavy (non-hydrogen) atoms. The third-order valence-electron chi connectivity index (χ3n) is 3.97. The van der Waals surface area contributed by atoms with Crippen molar-refractivity contribution in [3.63, 3.8) is 0 Å². The molecule has 0 bridgehead atoms. The topological polar surface area (TPSA) is 41.6 Å². The summed E-state index contributed by atoms with van der Waals surface area (Å²) in [6.45, 7) is 13.0. The molecule has 4 nitrogen and oxygen atoms in total. The number of nitrogens with zero attached hydrogens (tertiary/aromatic N) is 1. The number of likely N-dealkylation sites (tertiary alicyclic amines) is 1. The Labute approximate surface area is 130 Å². The van der Waals surface area contributed by atoms with E-state index in [1.165, 1.54) is 19.3 Å². The fraction of sp³-hybridized carbons (Fsp3) is 0.941. The Balaban J connectivity index is 2.18. The van der Waals surface area contributed by atoms with Crippen molar-refractivity contribution >= 4 is 6.09 Å². The molecule has 1 fully saturated rings. The van der Waals surface area contributed by atoms with E-state index < -0.39 is 5.60 Å². The smallest absolute Gasteiger partial charge is 0.410 e. The highest BCUT2D eigenvalue weighted by atomic mass is 16.6. The fourth-order valence-electron chi connectivity index (χ4n) is 2.71. The summed E-state index contributed by atoms with van der Waals surface area (Å²) < 4.78 is 5.43. The molecule has 124 valence electrons. The van der Waals surface area contributed by atoms with Gasteiger partial charge in [-0.15, -0.1) is 0 Å². The predicted octanol–water partition coefficient (Wildman–Crippen LogP) is 3.80. The van der Waals surface area contributed by atoms with E-state index in [4.69, 9.17) is 4.74 Å². The summed E-state index contributed by atoms with van der Waals surface area (Å²) in [5.41, 5.74) is -0.397. The zero-order valence-corrected chi connectivity index (χ0v) is 14.6. The first-order valence-corrected chi connectivity index (χ1v) is 8.53. The molecule has 1 aliphatic rings. The number of hydrogen-bond donors (Lipinski definition) is 1. The molecule has 2 atom stereocenters. The van der Waals surface area contributed by atoms with Crippen molar-refractivity contribution in [3.8, 4) is 0 Å². The second-order valence-corrected chi connectivity index (χ2v) is 7.37. The monoisotopic (exact) mass is 298 g/mol. The molecule has 1 rings (SSSR count). The van der Waals surface area contributed by atoms with Crippen LogP contribution in [0.3, 0.4) is 0 Å². The number of hydrogen-bond acceptors (Lipinski definition) is 3. The zero-order chi connectivity index (χ0) is 15.9. The van der Waals surface area contributed by atoms with Crippen LogP contribution in [0.1, 0.15) is 66.7 Å². The van der Waals surface area contributed by atoms with Crippen molar-refractivity contribution in [2.75, 3.05) is 19.6 Å². The van der Waals surface area contributed by atoms with Crippen LogP contribution in [0.25, 0.3) is 0 Å². The van der Waals surface area contributed by atoms with Gasteiger partial charge in [-0.3, -0.25) is 0 Å². The second-order valence-electron chi connectivity index (χ2n) is 7.37. The Morgan fingerprint density at radius 2 is 2.14 bits per heavy atom. The Kier molecular flexibility index (Phi) is 7.50. The highest BCUT2D eigenvalue weighted by molar-refractivity contribution is 5.68. The summed E-state index contributed by atoms with van der Waals surface area (Å²) in [6, 6.07) is 0.605. The molecule has 2 unspecified atom stereocenters. The quantitative estimate of drug-likeness (QED) is 0.777. The predicted molar refractivity (Wildman–Crippen MR) is 87.5 cm³/mol. The van der Waals surface area contributed by atoms with Crippen molar-refractivity contribution in [3.05, 3.63) is 0 Å². The number of amides is 1. The zero-order valence-electron chi connectivity index (χ0n) is 14.6. The van der Waals surface area contributed by atoms with Gasteiger partial charge >= 0.3 is 6.09 Å². The second kappa shape index (κ2) is 8.62. The molecule has 1 saturated heterocycles. The van der Waals surface area contributed by atoms with Crippen LogP contribution in [0.4, 0.5) is 4.79 Å². The van der Waals surface area contributed by atoms with E-state index in [1.54, 1.807) is 0 Å². The molecule has 0 saturated carbocycles. The number of carbonyl (C=O) groups excluding carboxylic acids is 1. The maximum absolute atomic E-state index is 12.0. The normalized spacial score (nSPS) is 20.6. The molecule has 0 aromatic rings. The molecule has 0 aliphatic carbocycles. The molecule has 1 amide bonds. The summed E-state index contributed by atoms with van der Waals surface area (Å²) in [4.78, 5) is 13.9. The van der Waals surface area contributed by atoms with E-state index in [-0.39, 0.29) is 6.09 Å². The van der Waals surface area contributed by atoms with E-state index in [9.17, 15) is 4.79 Å². The first kappa shape index (κ1) is 18.3. The van der Waals surface area contributed by atoms with Crippen LogP contribution in [0.15, 0.2) is 0 Å². The van der Waals surface area contributed by atoms with E-state index in [2.05, 4.69) is 19.2 Å². The molecule has 1 heterocycles. The number of unbranched alkanes of at least 4 members (excludes halogenated alkanes) is 1. The van der Waals surface area contributed by atoms with E-state index in [0.29, 0.717) is 12.0 Å². The summed E-state index contributed by atoms with van der Waals surface area (Å²) >= 11 is 0. The first-order chi connectivity index (χ1) is 9.81. The van der Waals surface area contributed by atoms with E-state index in [1.807, 2.05) is 25.7 Å². The number of carbonyl (C=O) groups is 1. The van der Waals surface area contributed by atoms with Gasteiger partial charge < -0.3 is 15.0 Å². The van der Waals surface area contributed by atoms with Gasteiger partial charge in [-0.2, -0.15) is 0 Å². The largest absolute Gasteiger partial charge is 0.444 e. The van der Waals surface area contributed by atoms with Gasteiger partial charge in [-0.25, -0.2) is 4.79 Å². The molecule has 1 aliphatic heterocycles. The number of ether oxygens (including phenoxy) is 1. The summed E-state index contributed by atoms with van der Waals surface area (Å²) in [5, 5.41) is 3.59. The van der Waals surface area contributed by atoms with Crippen LogP contribution in [0.2, 0.25) is 0 Å². The molecule has 4 heteroatoms. The van der Waals surface area contributed by atoms with Crippen molar-refractivity contribution in [2.24, 2.45) is 5.92 Å². The van der Waals surface area contributed by atoms with Gasteiger partial charge in [-0.05, 0) is 59.4 Å². The lowest BCUT2D eigenvalue weighted by atomic mass is 10.0. The molecule has 0 aromatic carbocycles. The summed E-state index contributed by atoms with van der Waals surface area (Å²) in [5.74, 6) is 0.614. The molecule has 1 N–H and O–H groups in total. The molecule has 0 radical (unpaired) electrons. The minimum absolute atomic E-state index is 0.158. The van der Waals surface area contributed by atoms with Crippen LogP contribution in [-0.2, 0) is 4.74 Å². The lowest BCUT2D eigenvalue weighted by Crippen LogP contribution is -2.35. The van der Waals surface area contributed by atoms with Crippen LogP contribution in [-0.4, -0.2) is 42.3 Å². The Morgan fingerprint density at radius 3 is 2.76 bits per heavy atom. The van der Waals surface area contributed by atoms with Crippen LogP contribution < -0.4 is 5.32 Å². The average molecular weight is 298 g/mol. The first-order valence-electron chi connectivity index (χ1n) is 8.53. The van der Waals surface area contributed by atoms with Gasteiger partial charge in [0.25, 0.3) is 0 Å². The van der Waals surface area contributed by atoms with Gasteiger partial charge in [0.2, 0.25) is 0 Å². The van der Waals surface area contributed by atoms with Crippen molar-refractivity contribution in [2.45, 2.75) is 78.4 Å². The minimum atomic E-state index is -0.397. The highest BCUT2D eigenvalue weighted by Crippen LogP contribution is 2.21. The fourth-order valence-corrected chi connectivity index (χ4v) is 2.71. The van der Waals surface area contributed by atoms with Gasteiger partial charge in [0, 0.05) is 19.1 Å². The van der Waals surface area contributed by atoms with Crippen LogP contribution in [0, 0.1) is 5.92 Å². The Hall–Kier alpha value is -0.770. The van der Waals surface area contributed by atoms with Gasteiger partial charge in [0.15, 0.2) is 0 Å². The third kappa shape index (κ3) is 7.70. The molecule has 0 spiro atoms. The molecular weight excluding hydrogens is 264 g/mol. The SMILES string of the molecule is CCCCC(C)NCCC1CCN(C(=O)OC(C)(C)C)C1. The van der Waals surface area contributed by atoms with Gasteiger partial charge in [0.05, 0.1) is 0 Å². The summed E-state index contributed by atoms with van der Waals surface area (Å²) in [6.07, 6.45) is 5.91. The van der Waals surface area contributed by atoms with Gasteiger partial charge in [0.1, 0.15) is 5.60 Å². The maximum Gasteiger partial charge on any atom is 0.410 e. The van der Waals surface area contributed by atoms with Gasteiger partial charge in [-0.1, -0.05) is 19.8 Å². The third-order valence-corrected chi connectivity index (χ3v) is 3.97. The van der Waals surface area contributed by atoms with E-state index >= 15 is 0 Å². The maximum atomic E-state index is 12.0. The van der Waals surface area contributed by atoms with Crippen LogP contribution in [0.5, 0.6) is 0 Å². The lowest BCUT2D eigenvalue weighted by molar-refractivity contribution is 0.0287. The minimum Gasteiger partial charge on any atom is -0.444 e. The van der Waals surface area contributed by atoms with Crippen molar-refractivity contribution in [1.29, 1.82) is 0 Å². The van der Waals surface area contributed by atoms with E-state index in [0.717, 1.165) is 32.5 Å². The standard InChI is InChI=1S/C17H34N2O2/c1-6-7-8-14(2)18-11-9-15-10-12-19(13-15)16(20)21-17(3,4)5/h14-15,18H,6-13H2,1-5H3. The summed E-state index contributed by atoms with van der Waals surface area (Å²) in [7, 11) is 0. The van der Waals surface area contributed by atoms with Crippen molar-refractivity contribution < 1.29 is 9.53 Å². The molecular formula is C17H34N2O2. The Bertz CT molecular complexity index is 312. The lowest BCUT2D eigenvalue weighted by Gasteiger charge is -2.24. The molecule has 0 aromatic heterocycles. The number of rotatable bonds is 7. The Morgan fingerprint density at radius 1 is 1.43 bits per heavy atom.